The van der Waals surface area contributed by atoms with E-state index in [9.17, 15) is 17.6 Å². The van der Waals surface area contributed by atoms with E-state index in [4.69, 9.17) is 9.88 Å². The fourth-order valence-corrected chi connectivity index (χ4v) is 4.04. The number of halogens is 1. The Kier molecular flexibility index (Phi) is 6.21. The normalized spacial score (nSPS) is 14.4. The molecule has 3 aromatic rings. The van der Waals surface area contributed by atoms with Gasteiger partial charge in [0, 0.05) is 37.7 Å². The molecule has 0 unspecified atom stereocenters. The third-order valence-corrected chi connectivity index (χ3v) is 6.05. The van der Waals surface area contributed by atoms with Crippen LogP contribution in [0.1, 0.15) is 15.9 Å². The molecule has 2 heterocycles. The van der Waals surface area contributed by atoms with Crippen LogP contribution < -0.4 is 15.4 Å². The first-order valence-electron chi connectivity index (χ1n) is 9.87. The predicted octanol–water partition coefficient (Wildman–Crippen LogP) is 1.43. The number of nitrogens with one attached hydrogen (secondary N) is 1. The average Bonchev–Trinajstić information content (AvgIpc) is 3.32. The molecule has 3 N–H and O–H groups in total. The summed E-state index contributed by atoms with van der Waals surface area (Å²) in [5.74, 6) is -0.948. The number of rotatable bonds is 6. The zero-order chi connectivity index (χ0) is 22.7. The molecule has 0 atom stereocenters. The second-order valence-corrected chi connectivity index (χ2v) is 8.82. The van der Waals surface area contributed by atoms with Gasteiger partial charge >= 0.3 is 0 Å². The lowest BCUT2D eigenvalue weighted by molar-refractivity contribution is 0.0949. The van der Waals surface area contributed by atoms with Crippen LogP contribution in [-0.4, -0.2) is 50.2 Å². The number of sulfonamides is 1. The van der Waals surface area contributed by atoms with Gasteiger partial charge in [-0.25, -0.2) is 22.9 Å². The third-order valence-electron chi connectivity index (χ3n) is 5.14. The number of carbonyl (C=O) groups excluding carboxylic acids is 1. The van der Waals surface area contributed by atoms with E-state index in [1.165, 1.54) is 24.5 Å². The zero-order valence-corrected chi connectivity index (χ0v) is 17.9. The van der Waals surface area contributed by atoms with Crippen LogP contribution in [0.5, 0.6) is 0 Å². The van der Waals surface area contributed by atoms with Gasteiger partial charge in [-0.2, -0.15) is 0 Å². The van der Waals surface area contributed by atoms with Crippen LogP contribution in [0.4, 0.5) is 10.1 Å². The predicted molar refractivity (Wildman–Crippen MR) is 116 cm³/mol. The first-order chi connectivity index (χ1) is 15.3. The molecular formula is C21H22FN5O4S. The molecule has 168 valence electrons. The van der Waals surface area contributed by atoms with E-state index in [1.54, 1.807) is 35.2 Å². The molecule has 0 radical (unpaired) electrons. The summed E-state index contributed by atoms with van der Waals surface area (Å²) in [6, 6.07) is 8.83. The van der Waals surface area contributed by atoms with Crippen LogP contribution in [-0.2, 0) is 21.3 Å². The number of carbonyl (C=O) groups is 1. The Bertz CT molecular complexity index is 1220. The smallest absolute Gasteiger partial charge is 0.253 e. The highest BCUT2D eigenvalue weighted by molar-refractivity contribution is 7.89. The highest BCUT2D eigenvalue weighted by Crippen LogP contribution is 2.25. The van der Waals surface area contributed by atoms with Gasteiger partial charge < -0.3 is 19.5 Å². The second kappa shape index (κ2) is 9.07. The van der Waals surface area contributed by atoms with Crippen molar-refractivity contribution in [3.63, 3.8) is 0 Å². The Labute approximate surface area is 184 Å². The molecule has 9 nitrogen and oxygen atoms in total. The molecule has 0 spiro atoms. The summed E-state index contributed by atoms with van der Waals surface area (Å²) in [4.78, 5) is 18.7. The number of morpholine rings is 1. The molecule has 32 heavy (non-hydrogen) atoms. The van der Waals surface area contributed by atoms with Crippen molar-refractivity contribution in [3.05, 3.63) is 72.1 Å². The number of amides is 1. The average molecular weight is 460 g/mol. The molecule has 0 saturated carbocycles. The minimum absolute atomic E-state index is 0.0577. The van der Waals surface area contributed by atoms with Crippen molar-refractivity contribution >= 4 is 21.6 Å². The van der Waals surface area contributed by atoms with E-state index in [0.717, 1.165) is 0 Å². The van der Waals surface area contributed by atoms with Crippen LogP contribution >= 0.6 is 0 Å². The highest BCUT2D eigenvalue weighted by Gasteiger charge is 2.22. The van der Waals surface area contributed by atoms with E-state index < -0.39 is 21.7 Å². The van der Waals surface area contributed by atoms with Gasteiger partial charge in [0.1, 0.15) is 5.82 Å². The Morgan fingerprint density at radius 3 is 2.56 bits per heavy atom. The maximum atomic E-state index is 14.5. The topological polar surface area (TPSA) is 120 Å². The first-order valence-corrected chi connectivity index (χ1v) is 11.4. The number of aromatic nitrogens is 2. The van der Waals surface area contributed by atoms with Crippen LogP contribution in [0.15, 0.2) is 60.0 Å². The Morgan fingerprint density at radius 2 is 1.91 bits per heavy atom. The number of anilines is 1. The number of benzene rings is 2. The van der Waals surface area contributed by atoms with Crippen molar-refractivity contribution in [1.82, 2.24) is 14.9 Å². The molecule has 2 aromatic carbocycles. The van der Waals surface area contributed by atoms with Gasteiger partial charge in [0.25, 0.3) is 5.91 Å². The number of imidazole rings is 1. The molecule has 11 heteroatoms. The van der Waals surface area contributed by atoms with E-state index in [-0.39, 0.29) is 17.0 Å². The Balaban J connectivity index is 1.56. The second-order valence-electron chi connectivity index (χ2n) is 7.26. The summed E-state index contributed by atoms with van der Waals surface area (Å²) in [6.07, 6.45) is 4.67. The number of ether oxygens (including phenoxy) is 1. The molecule has 1 aliphatic rings. The summed E-state index contributed by atoms with van der Waals surface area (Å²) in [5.41, 5.74) is 1.65. The monoisotopic (exact) mass is 459 g/mol. The van der Waals surface area contributed by atoms with Gasteiger partial charge in [0.15, 0.2) is 0 Å². The highest BCUT2D eigenvalue weighted by atomic mass is 32.2. The van der Waals surface area contributed by atoms with E-state index in [2.05, 4.69) is 10.3 Å². The van der Waals surface area contributed by atoms with Gasteiger partial charge in [-0.3, -0.25) is 4.79 Å². The largest absolute Gasteiger partial charge is 0.378 e. The van der Waals surface area contributed by atoms with Crippen molar-refractivity contribution in [2.75, 3.05) is 31.2 Å². The lowest BCUT2D eigenvalue weighted by atomic mass is 10.1. The van der Waals surface area contributed by atoms with Crippen LogP contribution in [0.2, 0.25) is 0 Å². The third kappa shape index (κ3) is 4.79. The number of nitrogens with zero attached hydrogens (tertiary/aromatic N) is 3. The van der Waals surface area contributed by atoms with E-state index >= 15 is 0 Å². The molecule has 0 bridgehead atoms. The van der Waals surface area contributed by atoms with E-state index in [0.29, 0.717) is 43.2 Å². The number of nitrogens with two attached hydrogens (primary N) is 1. The lowest BCUT2D eigenvalue weighted by Gasteiger charge is -2.30. The molecule has 0 aliphatic carbocycles. The first kappa shape index (κ1) is 21.9. The van der Waals surface area contributed by atoms with Gasteiger partial charge in [-0.05, 0) is 35.9 Å². The molecule has 1 fully saturated rings. The SMILES string of the molecule is NS(=O)(=O)c1ccc(N2CCOCC2)c(C(=O)NCc2ccc(-n3ccnc3)c(F)c2)c1. The quantitative estimate of drug-likeness (QED) is 0.576. The summed E-state index contributed by atoms with van der Waals surface area (Å²) in [7, 11) is -3.99. The molecule has 1 aliphatic heterocycles. The van der Waals surface area contributed by atoms with Crippen molar-refractivity contribution in [1.29, 1.82) is 0 Å². The van der Waals surface area contributed by atoms with Gasteiger partial charge in [0.2, 0.25) is 10.0 Å². The molecule has 1 aromatic heterocycles. The summed E-state index contributed by atoms with van der Waals surface area (Å²) >= 11 is 0. The van der Waals surface area contributed by atoms with Crippen LogP contribution in [0, 0.1) is 5.82 Å². The maximum Gasteiger partial charge on any atom is 0.253 e. The standard InChI is InChI=1S/C21H22FN5O4S/c22-18-11-15(1-3-20(18)27-6-5-24-14-27)13-25-21(28)17-12-16(32(23,29)30)2-4-19(17)26-7-9-31-10-8-26/h1-6,11-12,14H,7-10,13H2,(H,25,28)(H2,23,29,30). The minimum atomic E-state index is -3.99. The zero-order valence-electron chi connectivity index (χ0n) is 17.1. The molecule has 1 saturated heterocycles. The molecule has 4 rings (SSSR count). The fraction of sp³-hybridized carbons (Fsp3) is 0.238. The Hall–Kier alpha value is -3.28. The summed E-state index contributed by atoms with van der Waals surface area (Å²) in [5, 5.41) is 7.99. The van der Waals surface area contributed by atoms with Crippen LogP contribution in [0.3, 0.4) is 0 Å². The van der Waals surface area contributed by atoms with Gasteiger partial charge in [-0.15, -0.1) is 0 Å². The van der Waals surface area contributed by atoms with Gasteiger partial charge in [0.05, 0.1) is 35.7 Å². The van der Waals surface area contributed by atoms with Gasteiger partial charge in [-0.1, -0.05) is 6.07 Å². The number of hydrogen-bond acceptors (Lipinski definition) is 6. The Morgan fingerprint density at radius 1 is 1.16 bits per heavy atom. The van der Waals surface area contributed by atoms with Crippen molar-refractivity contribution in [3.8, 4) is 5.69 Å². The van der Waals surface area contributed by atoms with Crippen molar-refractivity contribution in [2.24, 2.45) is 5.14 Å². The maximum absolute atomic E-state index is 14.5. The summed E-state index contributed by atoms with van der Waals surface area (Å²) in [6.45, 7) is 2.19. The lowest BCUT2D eigenvalue weighted by Crippen LogP contribution is -2.38. The number of hydrogen-bond donors (Lipinski definition) is 2. The molecular weight excluding hydrogens is 437 g/mol. The van der Waals surface area contributed by atoms with Crippen molar-refractivity contribution in [2.45, 2.75) is 11.4 Å². The van der Waals surface area contributed by atoms with Crippen molar-refractivity contribution < 1.29 is 22.3 Å². The fourth-order valence-electron chi connectivity index (χ4n) is 3.50. The van der Waals surface area contributed by atoms with Crippen LogP contribution in [0.25, 0.3) is 5.69 Å². The van der Waals surface area contributed by atoms with E-state index in [1.807, 2.05) is 4.90 Å². The molecule has 1 amide bonds. The number of primary sulfonamides is 1. The summed E-state index contributed by atoms with van der Waals surface area (Å²) < 4.78 is 45.0. The minimum Gasteiger partial charge on any atom is -0.378 e.